The van der Waals surface area contributed by atoms with Crippen LogP contribution in [0.4, 0.5) is 0 Å². The maximum absolute atomic E-state index is 11.2. The van der Waals surface area contributed by atoms with E-state index in [9.17, 15) is 9.90 Å². The summed E-state index contributed by atoms with van der Waals surface area (Å²) in [5.74, 6) is -0.151. The van der Waals surface area contributed by atoms with E-state index in [4.69, 9.17) is 4.74 Å². The van der Waals surface area contributed by atoms with Crippen LogP contribution in [-0.4, -0.2) is 22.7 Å². The zero-order valence-electron chi connectivity index (χ0n) is 11.5. The number of hydrogen-bond acceptors (Lipinski definition) is 4. The van der Waals surface area contributed by atoms with Crippen LogP contribution in [0, 0.1) is 0 Å². The van der Waals surface area contributed by atoms with Gasteiger partial charge in [0.25, 0.3) is 0 Å². The Labute approximate surface area is 122 Å². The average Bonchev–Trinajstić information content (AvgIpc) is 2.85. The monoisotopic (exact) mass is 291 g/mol. The summed E-state index contributed by atoms with van der Waals surface area (Å²) in [6, 6.07) is 7.57. The third-order valence-electron chi connectivity index (χ3n) is 2.79. The van der Waals surface area contributed by atoms with Gasteiger partial charge in [0.05, 0.1) is 6.61 Å². The Balaban J connectivity index is 2.32. The van der Waals surface area contributed by atoms with Crippen molar-refractivity contribution in [2.45, 2.75) is 26.7 Å². The number of aryl methyl sites for hydroxylation is 1. The minimum atomic E-state index is -0.957. The van der Waals surface area contributed by atoms with Gasteiger partial charge in [-0.05, 0) is 37.6 Å². The average molecular weight is 291 g/mol. The van der Waals surface area contributed by atoms with Crippen molar-refractivity contribution in [1.29, 1.82) is 0 Å². The lowest BCUT2D eigenvalue weighted by molar-refractivity contribution is 0.0690. The van der Waals surface area contributed by atoms with Gasteiger partial charge in [0.1, 0.15) is 10.8 Å². The number of ether oxygens (including phenoxy) is 1. The summed E-state index contributed by atoms with van der Waals surface area (Å²) in [4.78, 5) is 16.3. The van der Waals surface area contributed by atoms with Crippen LogP contribution in [0.5, 0.6) is 5.75 Å². The molecular weight excluding hydrogens is 274 g/mol. The van der Waals surface area contributed by atoms with E-state index in [0.717, 1.165) is 34.0 Å². The van der Waals surface area contributed by atoms with Crippen molar-refractivity contribution in [2.75, 3.05) is 6.61 Å². The molecule has 0 aliphatic rings. The summed E-state index contributed by atoms with van der Waals surface area (Å²) < 4.78 is 5.39. The Kier molecular flexibility index (Phi) is 4.74. The number of carboxylic acid groups (broad SMARTS) is 1. The molecule has 1 N–H and O–H groups in total. The predicted molar refractivity (Wildman–Crippen MR) is 79.7 cm³/mol. The smallest absolute Gasteiger partial charge is 0.355 e. The lowest BCUT2D eigenvalue weighted by atomic mass is 10.2. The fraction of sp³-hybridized carbons (Fsp3) is 0.333. The van der Waals surface area contributed by atoms with Crippen LogP contribution in [0.25, 0.3) is 10.6 Å². The van der Waals surface area contributed by atoms with Crippen LogP contribution < -0.4 is 4.74 Å². The molecule has 0 aliphatic heterocycles. The lowest BCUT2D eigenvalue weighted by Gasteiger charge is -2.02. The van der Waals surface area contributed by atoms with Gasteiger partial charge in [-0.2, -0.15) is 0 Å². The molecule has 20 heavy (non-hydrogen) atoms. The van der Waals surface area contributed by atoms with Crippen LogP contribution in [0.3, 0.4) is 0 Å². The van der Waals surface area contributed by atoms with E-state index in [1.165, 1.54) is 11.3 Å². The Morgan fingerprint density at radius 1 is 1.30 bits per heavy atom. The maximum Gasteiger partial charge on any atom is 0.355 e. The first kappa shape index (κ1) is 14.5. The lowest BCUT2D eigenvalue weighted by Crippen LogP contribution is -2.00. The number of hydrogen-bond donors (Lipinski definition) is 1. The van der Waals surface area contributed by atoms with E-state index in [1.54, 1.807) is 0 Å². The molecule has 2 aromatic rings. The number of rotatable bonds is 6. The summed E-state index contributed by atoms with van der Waals surface area (Å²) in [7, 11) is 0. The molecule has 0 atom stereocenters. The molecule has 0 fully saturated rings. The van der Waals surface area contributed by atoms with Gasteiger partial charge in [0, 0.05) is 10.4 Å². The van der Waals surface area contributed by atoms with Crippen molar-refractivity contribution >= 4 is 17.3 Å². The number of aromatic nitrogens is 1. The first-order valence-electron chi connectivity index (χ1n) is 6.62. The highest BCUT2D eigenvalue weighted by Crippen LogP contribution is 2.30. The maximum atomic E-state index is 11.2. The second-order valence-corrected chi connectivity index (χ2v) is 5.39. The first-order valence-corrected chi connectivity index (χ1v) is 7.43. The molecule has 0 bridgehead atoms. The molecule has 106 valence electrons. The minimum Gasteiger partial charge on any atom is -0.494 e. The topological polar surface area (TPSA) is 59.4 Å². The standard InChI is InChI=1S/C15H17NO3S/c1-3-5-12-13(15(17)18)16-14(20-12)10-6-8-11(9-7-10)19-4-2/h6-9H,3-5H2,1-2H3,(H,17,18). The highest BCUT2D eigenvalue weighted by molar-refractivity contribution is 7.15. The summed E-state index contributed by atoms with van der Waals surface area (Å²) in [6.07, 6.45) is 1.65. The van der Waals surface area contributed by atoms with Gasteiger partial charge in [-0.1, -0.05) is 13.3 Å². The van der Waals surface area contributed by atoms with Crippen molar-refractivity contribution in [1.82, 2.24) is 4.98 Å². The molecule has 0 amide bonds. The second-order valence-electron chi connectivity index (χ2n) is 4.30. The number of nitrogens with zero attached hydrogens (tertiary/aromatic N) is 1. The van der Waals surface area contributed by atoms with E-state index in [1.807, 2.05) is 38.1 Å². The molecule has 1 aromatic carbocycles. The normalized spacial score (nSPS) is 10.5. The third-order valence-corrected chi connectivity index (χ3v) is 3.95. The summed E-state index contributed by atoms with van der Waals surface area (Å²) >= 11 is 1.45. The number of aromatic carboxylic acids is 1. The summed E-state index contributed by atoms with van der Waals surface area (Å²) in [6.45, 7) is 4.59. The van der Waals surface area contributed by atoms with E-state index >= 15 is 0 Å². The predicted octanol–water partition coefficient (Wildman–Crippen LogP) is 3.86. The van der Waals surface area contributed by atoms with Crippen LogP contribution in [-0.2, 0) is 6.42 Å². The van der Waals surface area contributed by atoms with Crippen LogP contribution in [0.1, 0.15) is 35.6 Å². The van der Waals surface area contributed by atoms with Crippen LogP contribution in [0.15, 0.2) is 24.3 Å². The largest absolute Gasteiger partial charge is 0.494 e. The van der Waals surface area contributed by atoms with Crippen LogP contribution in [0.2, 0.25) is 0 Å². The Morgan fingerprint density at radius 3 is 2.55 bits per heavy atom. The first-order chi connectivity index (χ1) is 9.65. The molecule has 0 saturated heterocycles. The minimum absolute atomic E-state index is 0.181. The quantitative estimate of drug-likeness (QED) is 0.878. The van der Waals surface area contributed by atoms with E-state index in [0.29, 0.717) is 6.61 Å². The molecule has 1 aromatic heterocycles. The van der Waals surface area contributed by atoms with Crippen molar-refractivity contribution in [3.63, 3.8) is 0 Å². The molecule has 0 saturated carbocycles. The van der Waals surface area contributed by atoms with Crippen molar-refractivity contribution in [2.24, 2.45) is 0 Å². The summed E-state index contributed by atoms with van der Waals surface area (Å²) in [5, 5.41) is 9.94. The molecule has 2 rings (SSSR count). The highest BCUT2D eigenvalue weighted by atomic mass is 32.1. The fourth-order valence-corrected chi connectivity index (χ4v) is 3.06. The van der Waals surface area contributed by atoms with E-state index in [2.05, 4.69) is 4.98 Å². The molecule has 1 heterocycles. The number of carboxylic acids is 1. The Bertz CT molecular complexity index is 590. The molecule has 4 nitrogen and oxygen atoms in total. The highest BCUT2D eigenvalue weighted by Gasteiger charge is 2.17. The summed E-state index contributed by atoms with van der Waals surface area (Å²) in [5.41, 5.74) is 1.10. The molecule has 0 spiro atoms. The van der Waals surface area contributed by atoms with Gasteiger partial charge in [-0.25, -0.2) is 9.78 Å². The third kappa shape index (κ3) is 3.17. The van der Waals surface area contributed by atoms with Crippen molar-refractivity contribution in [3.05, 3.63) is 34.8 Å². The number of benzene rings is 1. The Hall–Kier alpha value is -1.88. The van der Waals surface area contributed by atoms with E-state index in [-0.39, 0.29) is 5.69 Å². The fourth-order valence-electron chi connectivity index (χ4n) is 1.90. The van der Waals surface area contributed by atoms with E-state index < -0.39 is 5.97 Å². The van der Waals surface area contributed by atoms with Gasteiger partial charge in [0.15, 0.2) is 5.69 Å². The van der Waals surface area contributed by atoms with Gasteiger partial charge >= 0.3 is 5.97 Å². The van der Waals surface area contributed by atoms with Crippen molar-refractivity contribution < 1.29 is 14.6 Å². The molecule has 0 radical (unpaired) electrons. The molecular formula is C15H17NO3S. The zero-order chi connectivity index (χ0) is 14.5. The van der Waals surface area contributed by atoms with Gasteiger partial charge in [-0.15, -0.1) is 11.3 Å². The molecule has 0 aliphatic carbocycles. The van der Waals surface area contributed by atoms with Gasteiger partial charge < -0.3 is 9.84 Å². The molecule has 5 heteroatoms. The van der Waals surface area contributed by atoms with Crippen LogP contribution >= 0.6 is 11.3 Å². The van der Waals surface area contributed by atoms with Gasteiger partial charge in [0.2, 0.25) is 0 Å². The SMILES string of the molecule is CCCc1sc(-c2ccc(OCC)cc2)nc1C(=O)O. The zero-order valence-corrected chi connectivity index (χ0v) is 12.4. The number of carbonyl (C=O) groups is 1. The Morgan fingerprint density at radius 2 is 2.00 bits per heavy atom. The van der Waals surface area contributed by atoms with Gasteiger partial charge in [-0.3, -0.25) is 0 Å². The van der Waals surface area contributed by atoms with Crippen molar-refractivity contribution in [3.8, 4) is 16.3 Å². The molecule has 0 unspecified atom stereocenters. The number of thiazole rings is 1. The second kappa shape index (κ2) is 6.52.